The number of amides is 2. The highest BCUT2D eigenvalue weighted by atomic mass is 16.5. The Labute approximate surface area is 163 Å². The molecule has 1 unspecified atom stereocenters. The zero-order valence-corrected chi connectivity index (χ0v) is 16.3. The van der Waals surface area contributed by atoms with Gasteiger partial charge in [-0.15, -0.1) is 0 Å². The number of imidazole rings is 1. The number of methoxy groups -OCH3 is 2. The zero-order chi connectivity index (χ0) is 20.1. The van der Waals surface area contributed by atoms with Gasteiger partial charge in [0.25, 0.3) is 0 Å². The number of hydrogen-bond acceptors (Lipinski definition) is 5. The van der Waals surface area contributed by atoms with E-state index < -0.39 is 6.04 Å². The molecule has 1 aromatic carbocycles. The first-order valence-corrected chi connectivity index (χ1v) is 8.84. The van der Waals surface area contributed by atoms with E-state index in [-0.39, 0.29) is 6.03 Å². The van der Waals surface area contributed by atoms with Crippen LogP contribution in [-0.4, -0.2) is 39.6 Å². The summed E-state index contributed by atoms with van der Waals surface area (Å²) in [6.45, 7) is 2.70. The highest BCUT2D eigenvalue weighted by Crippen LogP contribution is 2.29. The number of hydrogen-bond donors (Lipinski definition) is 2. The molecule has 0 spiro atoms. The van der Waals surface area contributed by atoms with Crippen molar-refractivity contribution in [1.29, 1.82) is 0 Å². The van der Waals surface area contributed by atoms with E-state index in [0.717, 1.165) is 12.1 Å². The Morgan fingerprint density at radius 2 is 1.93 bits per heavy atom. The molecule has 0 bridgehead atoms. The van der Waals surface area contributed by atoms with Gasteiger partial charge in [0.15, 0.2) is 0 Å². The summed E-state index contributed by atoms with van der Waals surface area (Å²) in [6, 6.07) is 4.59. The van der Waals surface area contributed by atoms with Crippen molar-refractivity contribution < 1.29 is 14.3 Å². The number of anilines is 1. The van der Waals surface area contributed by atoms with Gasteiger partial charge < -0.3 is 24.7 Å². The van der Waals surface area contributed by atoms with Gasteiger partial charge in [-0.25, -0.2) is 9.78 Å². The first kappa shape index (κ1) is 19.3. The highest BCUT2D eigenvalue weighted by Gasteiger charge is 2.22. The van der Waals surface area contributed by atoms with Crippen molar-refractivity contribution >= 4 is 11.7 Å². The van der Waals surface area contributed by atoms with E-state index in [1.165, 1.54) is 0 Å². The minimum Gasteiger partial charge on any atom is -0.497 e. The second-order valence-corrected chi connectivity index (χ2v) is 6.16. The van der Waals surface area contributed by atoms with Crippen molar-refractivity contribution in [3.8, 4) is 11.5 Å². The topological polar surface area (TPSA) is 95.2 Å². The van der Waals surface area contributed by atoms with E-state index >= 15 is 0 Å². The van der Waals surface area contributed by atoms with Gasteiger partial charge in [-0.2, -0.15) is 5.10 Å². The number of carbonyl (C=O) groups excluding carboxylic acids is 1. The number of rotatable bonds is 7. The lowest BCUT2D eigenvalue weighted by Gasteiger charge is -2.20. The third-order valence-corrected chi connectivity index (χ3v) is 4.31. The van der Waals surface area contributed by atoms with E-state index in [2.05, 4.69) is 20.7 Å². The van der Waals surface area contributed by atoms with E-state index in [1.807, 2.05) is 36.9 Å². The fourth-order valence-corrected chi connectivity index (χ4v) is 2.85. The summed E-state index contributed by atoms with van der Waals surface area (Å²) in [5, 5.41) is 9.94. The van der Waals surface area contributed by atoms with Crippen LogP contribution in [-0.2, 0) is 13.6 Å². The van der Waals surface area contributed by atoms with Crippen LogP contribution in [0.1, 0.15) is 24.4 Å². The van der Waals surface area contributed by atoms with Crippen molar-refractivity contribution in [2.24, 2.45) is 7.05 Å². The lowest BCUT2D eigenvalue weighted by Crippen LogP contribution is -2.34. The van der Waals surface area contributed by atoms with Crippen LogP contribution in [0, 0.1) is 0 Å². The van der Waals surface area contributed by atoms with Gasteiger partial charge in [-0.05, 0) is 24.6 Å². The van der Waals surface area contributed by atoms with Crippen molar-refractivity contribution in [1.82, 2.24) is 24.6 Å². The molecule has 3 aromatic rings. The van der Waals surface area contributed by atoms with E-state index in [9.17, 15) is 4.79 Å². The number of carbonyl (C=O) groups is 1. The van der Waals surface area contributed by atoms with Crippen molar-refractivity contribution in [2.45, 2.75) is 19.5 Å². The van der Waals surface area contributed by atoms with Crippen LogP contribution < -0.4 is 20.1 Å². The van der Waals surface area contributed by atoms with Crippen LogP contribution in [0.2, 0.25) is 0 Å². The molecule has 3 rings (SSSR count). The molecular formula is C19H24N6O3. The minimum absolute atomic E-state index is 0.370. The van der Waals surface area contributed by atoms with E-state index in [4.69, 9.17) is 9.47 Å². The SMILES string of the molecule is CCn1cc(NC(=O)NC(c2cc(OC)cc(OC)c2)c2nccn2C)cn1. The van der Waals surface area contributed by atoms with Gasteiger partial charge in [-0.3, -0.25) is 4.68 Å². The molecule has 0 aliphatic rings. The standard InChI is InChI=1S/C19H24N6O3/c1-5-25-12-14(11-21-25)22-19(26)23-17(18-20-6-7-24(18)2)13-8-15(27-3)10-16(9-13)28-4/h6-12,17H,5H2,1-4H3,(H2,22,23,26). The molecule has 9 heteroatoms. The number of ether oxygens (including phenoxy) is 2. The first-order chi connectivity index (χ1) is 13.5. The van der Waals surface area contributed by atoms with E-state index in [1.54, 1.807) is 43.6 Å². The van der Waals surface area contributed by atoms with Crippen molar-refractivity contribution in [3.63, 3.8) is 0 Å². The van der Waals surface area contributed by atoms with Gasteiger partial charge in [0.05, 0.1) is 26.1 Å². The summed E-state index contributed by atoms with van der Waals surface area (Å²) in [5.41, 5.74) is 1.39. The quantitative estimate of drug-likeness (QED) is 0.653. The third-order valence-electron chi connectivity index (χ3n) is 4.31. The molecule has 0 fully saturated rings. The number of nitrogens with zero attached hydrogens (tertiary/aromatic N) is 4. The minimum atomic E-state index is -0.509. The third kappa shape index (κ3) is 4.25. The Balaban J connectivity index is 1.90. The molecule has 148 valence electrons. The maximum atomic E-state index is 12.7. The molecule has 1 atom stereocenters. The lowest BCUT2D eigenvalue weighted by atomic mass is 10.1. The molecule has 2 N–H and O–H groups in total. The smallest absolute Gasteiger partial charge is 0.320 e. The van der Waals surface area contributed by atoms with Crippen LogP contribution in [0.3, 0.4) is 0 Å². The van der Waals surface area contributed by atoms with Crippen molar-refractivity contribution in [2.75, 3.05) is 19.5 Å². The lowest BCUT2D eigenvalue weighted by molar-refractivity contribution is 0.249. The number of aromatic nitrogens is 4. The molecule has 2 amide bonds. The maximum absolute atomic E-state index is 12.7. The summed E-state index contributed by atoms with van der Waals surface area (Å²) in [6.07, 6.45) is 6.88. The van der Waals surface area contributed by atoms with Gasteiger partial charge in [0.2, 0.25) is 0 Å². The summed E-state index contributed by atoms with van der Waals surface area (Å²) < 4.78 is 14.3. The van der Waals surface area contributed by atoms with Crippen LogP contribution in [0.15, 0.2) is 43.0 Å². The summed E-state index contributed by atoms with van der Waals surface area (Å²) in [7, 11) is 5.04. The summed E-state index contributed by atoms with van der Waals surface area (Å²) >= 11 is 0. The molecule has 0 saturated heterocycles. The van der Waals surface area contributed by atoms with Crippen molar-refractivity contribution in [3.05, 3.63) is 54.4 Å². The number of aryl methyl sites for hydroxylation is 2. The predicted octanol–water partition coefficient (Wildman–Crippen LogP) is 2.56. The Morgan fingerprint density at radius 1 is 1.21 bits per heavy atom. The second kappa shape index (κ2) is 8.47. The number of urea groups is 1. The molecule has 0 aliphatic carbocycles. The fourth-order valence-electron chi connectivity index (χ4n) is 2.85. The first-order valence-electron chi connectivity index (χ1n) is 8.84. The summed E-state index contributed by atoms with van der Waals surface area (Å²) in [4.78, 5) is 17.1. The van der Waals surface area contributed by atoms with Crippen LogP contribution >= 0.6 is 0 Å². The van der Waals surface area contributed by atoms with Crippen LogP contribution in [0.4, 0.5) is 10.5 Å². The second-order valence-electron chi connectivity index (χ2n) is 6.16. The predicted molar refractivity (Wildman–Crippen MR) is 105 cm³/mol. The van der Waals surface area contributed by atoms with Gasteiger partial charge in [0, 0.05) is 38.2 Å². The molecule has 0 radical (unpaired) electrons. The van der Waals surface area contributed by atoms with Crippen LogP contribution in [0.25, 0.3) is 0 Å². The van der Waals surface area contributed by atoms with Gasteiger partial charge >= 0.3 is 6.03 Å². The van der Waals surface area contributed by atoms with Crippen LogP contribution in [0.5, 0.6) is 11.5 Å². The van der Waals surface area contributed by atoms with E-state index in [0.29, 0.717) is 23.0 Å². The monoisotopic (exact) mass is 384 g/mol. The molecular weight excluding hydrogens is 360 g/mol. The average molecular weight is 384 g/mol. The summed E-state index contributed by atoms with van der Waals surface area (Å²) in [5.74, 6) is 1.93. The maximum Gasteiger partial charge on any atom is 0.320 e. The normalized spacial score (nSPS) is 11.7. The Bertz CT molecular complexity index is 927. The average Bonchev–Trinajstić information content (AvgIpc) is 3.34. The molecule has 2 heterocycles. The Morgan fingerprint density at radius 3 is 2.46 bits per heavy atom. The fraction of sp³-hybridized carbons (Fsp3) is 0.316. The Hall–Kier alpha value is -3.49. The zero-order valence-electron chi connectivity index (χ0n) is 16.3. The van der Waals surface area contributed by atoms with Gasteiger partial charge in [-0.1, -0.05) is 0 Å². The molecule has 9 nitrogen and oxygen atoms in total. The molecule has 0 saturated carbocycles. The van der Waals surface area contributed by atoms with Gasteiger partial charge in [0.1, 0.15) is 23.4 Å². The molecule has 28 heavy (non-hydrogen) atoms. The number of benzene rings is 1. The number of nitrogens with one attached hydrogen (secondary N) is 2. The Kier molecular flexibility index (Phi) is 5.83. The molecule has 2 aromatic heterocycles. The largest absolute Gasteiger partial charge is 0.497 e. The highest BCUT2D eigenvalue weighted by molar-refractivity contribution is 5.89. The molecule has 0 aliphatic heterocycles.